The standard InChI is InChI=1S/C10H14N6/c1-6-3-4-12-10(8(6)11)15-7(2)9-13-5-14-16-9/h3-5,7H,11H2,1-2H3,(H,12,15)(H,13,14,16). The van der Waals surface area contributed by atoms with E-state index in [-0.39, 0.29) is 6.04 Å². The van der Waals surface area contributed by atoms with E-state index in [2.05, 4.69) is 25.5 Å². The van der Waals surface area contributed by atoms with Gasteiger partial charge in [0.25, 0.3) is 0 Å². The number of rotatable bonds is 3. The summed E-state index contributed by atoms with van der Waals surface area (Å²) in [6.07, 6.45) is 3.20. The van der Waals surface area contributed by atoms with Gasteiger partial charge in [0.2, 0.25) is 0 Å². The van der Waals surface area contributed by atoms with Crippen LogP contribution in [0.1, 0.15) is 24.4 Å². The highest BCUT2D eigenvalue weighted by atomic mass is 15.2. The van der Waals surface area contributed by atoms with E-state index in [0.29, 0.717) is 11.5 Å². The first kappa shape index (κ1) is 10.4. The van der Waals surface area contributed by atoms with Crippen molar-refractivity contribution in [1.82, 2.24) is 20.2 Å². The first-order chi connectivity index (χ1) is 7.68. The van der Waals surface area contributed by atoms with Gasteiger partial charge in [0, 0.05) is 6.20 Å². The summed E-state index contributed by atoms with van der Waals surface area (Å²) in [7, 11) is 0. The van der Waals surface area contributed by atoms with Crippen molar-refractivity contribution in [2.24, 2.45) is 0 Å². The van der Waals surface area contributed by atoms with Gasteiger partial charge in [-0.25, -0.2) is 9.97 Å². The molecule has 84 valence electrons. The number of aryl methyl sites for hydroxylation is 1. The topological polar surface area (TPSA) is 92.5 Å². The van der Waals surface area contributed by atoms with Crippen molar-refractivity contribution in [3.8, 4) is 0 Å². The molecular weight excluding hydrogens is 204 g/mol. The van der Waals surface area contributed by atoms with Crippen LogP contribution in [0.3, 0.4) is 0 Å². The number of aromatic amines is 1. The first-order valence-corrected chi connectivity index (χ1v) is 5.01. The zero-order valence-electron chi connectivity index (χ0n) is 9.23. The number of H-pyrrole nitrogens is 1. The highest BCUT2D eigenvalue weighted by Crippen LogP contribution is 2.22. The Morgan fingerprint density at radius 2 is 2.25 bits per heavy atom. The van der Waals surface area contributed by atoms with E-state index in [1.54, 1.807) is 6.20 Å². The Morgan fingerprint density at radius 3 is 2.94 bits per heavy atom. The highest BCUT2D eigenvalue weighted by Gasteiger charge is 2.11. The van der Waals surface area contributed by atoms with Gasteiger partial charge in [0.05, 0.1) is 11.7 Å². The van der Waals surface area contributed by atoms with E-state index in [1.807, 2.05) is 19.9 Å². The monoisotopic (exact) mass is 218 g/mol. The molecule has 2 aromatic rings. The number of aromatic nitrogens is 4. The SMILES string of the molecule is Cc1ccnc(NC(C)c2ncn[nH]2)c1N. The molecule has 1 unspecified atom stereocenters. The number of nitrogen functional groups attached to an aromatic ring is 1. The molecule has 2 heterocycles. The Morgan fingerprint density at radius 1 is 1.44 bits per heavy atom. The van der Waals surface area contributed by atoms with E-state index in [4.69, 9.17) is 5.73 Å². The maximum Gasteiger partial charge on any atom is 0.150 e. The molecule has 6 heteroatoms. The average molecular weight is 218 g/mol. The molecule has 0 radical (unpaired) electrons. The van der Waals surface area contributed by atoms with Crippen LogP contribution in [-0.4, -0.2) is 20.2 Å². The molecule has 0 aliphatic rings. The van der Waals surface area contributed by atoms with Crippen LogP contribution in [0.15, 0.2) is 18.6 Å². The fourth-order valence-corrected chi connectivity index (χ4v) is 1.38. The molecule has 0 bridgehead atoms. The van der Waals surface area contributed by atoms with Gasteiger partial charge < -0.3 is 11.1 Å². The summed E-state index contributed by atoms with van der Waals surface area (Å²) in [5.41, 5.74) is 7.58. The van der Waals surface area contributed by atoms with Crippen molar-refractivity contribution in [3.05, 3.63) is 30.0 Å². The van der Waals surface area contributed by atoms with Crippen LogP contribution in [0.4, 0.5) is 11.5 Å². The van der Waals surface area contributed by atoms with Gasteiger partial charge in [0.1, 0.15) is 18.0 Å². The van der Waals surface area contributed by atoms with Crippen LogP contribution in [0.25, 0.3) is 0 Å². The molecule has 0 fully saturated rings. The summed E-state index contributed by atoms with van der Waals surface area (Å²) in [5.74, 6) is 1.42. The van der Waals surface area contributed by atoms with Gasteiger partial charge >= 0.3 is 0 Å². The summed E-state index contributed by atoms with van der Waals surface area (Å²) >= 11 is 0. The van der Waals surface area contributed by atoms with Crippen LogP contribution < -0.4 is 11.1 Å². The Kier molecular flexibility index (Phi) is 2.72. The van der Waals surface area contributed by atoms with Gasteiger partial charge in [0.15, 0.2) is 0 Å². The molecule has 0 aliphatic heterocycles. The number of hydrogen-bond donors (Lipinski definition) is 3. The average Bonchev–Trinajstić information content (AvgIpc) is 2.78. The summed E-state index contributed by atoms with van der Waals surface area (Å²) in [5, 5.41) is 9.78. The number of pyridine rings is 1. The Balaban J connectivity index is 2.18. The van der Waals surface area contributed by atoms with Crippen molar-refractivity contribution in [1.29, 1.82) is 0 Å². The van der Waals surface area contributed by atoms with Crippen molar-refractivity contribution in [3.63, 3.8) is 0 Å². The predicted octanol–water partition coefficient (Wildman–Crippen LogP) is 1.26. The second-order valence-electron chi connectivity index (χ2n) is 3.63. The molecule has 0 aromatic carbocycles. The molecule has 2 aromatic heterocycles. The number of nitrogens with one attached hydrogen (secondary N) is 2. The van der Waals surface area contributed by atoms with E-state index >= 15 is 0 Å². The maximum atomic E-state index is 5.91. The van der Waals surface area contributed by atoms with Crippen molar-refractivity contribution >= 4 is 11.5 Å². The Labute approximate surface area is 93.3 Å². The lowest BCUT2D eigenvalue weighted by Gasteiger charge is -2.14. The quantitative estimate of drug-likeness (QED) is 0.721. The van der Waals surface area contributed by atoms with Gasteiger partial charge in [-0.15, -0.1) is 0 Å². The zero-order chi connectivity index (χ0) is 11.5. The molecule has 16 heavy (non-hydrogen) atoms. The van der Waals surface area contributed by atoms with Crippen LogP contribution in [0, 0.1) is 6.92 Å². The van der Waals surface area contributed by atoms with Gasteiger partial charge in [-0.05, 0) is 25.5 Å². The molecule has 2 rings (SSSR count). The zero-order valence-corrected chi connectivity index (χ0v) is 9.23. The molecule has 0 amide bonds. The van der Waals surface area contributed by atoms with Crippen molar-refractivity contribution in [2.75, 3.05) is 11.1 Å². The third kappa shape index (κ3) is 1.95. The smallest absolute Gasteiger partial charge is 0.150 e. The molecule has 4 N–H and O–H groups in total. The predicted molar refractivity (Wildman–Crippen MR) is 61.8 cm³/mol. The summed E-state index contributed by atoms with van der Waals surface area (Å²) in [4.78, 5) is 8.26. The molecule has 0 aliphatic carbocycles. The third-order valence-corrected chi connectivity index (χ3v) is 2.41. The van der Waals surface area contributed by atoms with E-state index in [1.165, 1.54) is 6.33 Å². The highest BCUT2D eigenvalue weighted by molar-refractivity contribution is 5.65. The summed E-state index contributed by atoms with van der Waals surface area (Å²) in [6, 6.07) is 1.86. The fourth-order valence-electron chi connectivity index (χ4n) is 1.38. The molecule has 0 spiro atoms. The van der Waals surface area contributed by atoms with Crippen LogP contribution in [-0.2, 0) is 0 Å². The van der Waals surface area contributed by atoms with E-state index in [9.17, 15) is 0 Å². The molecular formula is C10H14N6. The van der Waals surface area contributed by atoms with Crippen molar-refractivity contribution in [2.45, 2.75) is 19.9 Å². The first-order valence-electron chi connectivity index (χ1n) is 5.01. The van der Waals surface area contributed by atoms with E-state index in [0.717, 1.165) is 11.4 Å². The third-order valence-electron chi connectivity index (χ3n) is 2.41. The summed E-state index contributed by atoms with van der Waals surface area (Å²) in [6.45, 7) is 3.91. The fraction of sp³-hybridized carbons (Fsp3) is 0.300. The minimum Gasteiger partial charge on any atom is -0.396 e. The van der Waals surface area contributed by atoms with Gasteiger partial charge in [-0.1, -0.05) is 0 Å². The second-order valence-corrected chi connectivity index (χ2v) is 3.63. The Bertz CT molecular complexity index is 464. The van der Waals surface area contributed by atoms with Gasteiger partial charge in [-0.2, -0.15) is 5.10 Å². The maximum absolute atomic E-state index is 5.91. The molecule has 0 saturated carbocycles. The lowest BCUT2D eigenvalue weighted by Crippen LogP contribution is -2.11. The van der Waals surface area contributed by atoms with E-state index < -0.39 is 0 Å². The van der Waals surface area contributed by atoms with Crippen LogP contribution in [0.2, 0.25) is 0 Å². The lowest BCUT2D eigenvalue weighted by molar-refractivity contribution is 0.790. The number of nitrogens with two attached hydrogens (primary N) is 1. The molecule has 0 saturated heterocycles. The van der Waals surface area contributed by atoms with Crippen molar-refractivity contribution < 1.29 is 0 Å². The number of anilines is 2. The summed E-state index contributed by atoms with van der Waals surface area (Å²) < 4.78 is 0. The second kappa shape index (κ2) is 4.18. The minimum absolute atomic E-state index is 0.0147. The Hall–Kier alpha value is -2.11. The van der Waals surface area contributed by atoms with Crippen LogP contribution in [0.5, 0.6) is 0 Å². The lowest BCUT2D eigenvalue weighted by atomic mass is 10.2. The van der Waals surface area contributed by atoms with Crippen LogP contribution >= 0.6 is 0 Å². The molecule has 6 nitrogen and oxygen atoms in total. The minimum atomic E-state index is -0.0147. The number of nitrogens with zero attached hydrogens (tertiary/aromatic N) is 3. The normalized spacial score (nSPS) is 12.4. The van der Waals surface area contributed by atoms with Gasteiger partial charge in [-0.3, -0.25) is 5.10 Å². The molecule has 1 atom stereocenters. The largest absolute Gasteiger partial charge is 0.396 e. The number of hydrogen-bond acceptors (Lipinski definition) is 5.